The van der Waals surface area contributed by atoms with Crippen molar-refractivity contribution in [3.8, 4) is 0 Å². The molecule has 7 heteroatoms. The minimum Gasteiger partial charge on any atom is -0.357 e. The summed E-state index contributed by atoms with van der Waals surface area (Å²) in [5.74, 6) is 0.805. The third-order valence-corrected chi connectivity index (χ3v) is 4.56. The van der Waals surface area contributed by atoms with Crippen molar-refractivity contribution in [3.05, 3.63) is 57.1 Å². The molecule has 0 radical (unpaired) electrons. The monoisotopic (exact) mass is 391 g/mol. The number of hydrogen-bond acceptors (Lipinski definition) is 3. The maximum Gasteiger partial charge on any atom is 0.191 e. The van der Waals surface area contributed by atoms with Gasteiger partial charge < -0.3 is 15.0 Å². The highest BCUT2D eigenvalue weighted by molar-refractivity contribution is 9.10. The van der Waals surface area contributed by atoms with E-state index in [4.69, 9.17) is 0 Å². The molecule has 0 unspecified atom stereocenters. The van der Waals surface area contributed by atoms with Crippen LogP contribution in [0, 0.1) is 0 Å². The average Bonchev–Trinajstić information content (AvgIpc) is 3.18. The smallest absolute Gasteiger partial charge is 0.191 e. The van der Waals surface area contributed by atoms with Gasteiger partial charge in [0.15, 0.2) is 5.96 Å². The van der Waals surface area contributed by atoms with Gasteiger partial charge in [-0.05, 0) is 46.4 Å². The largest absolute Gasteiger partial charge is 0.357 e. The van der Waals surface area contributed by atoms with Crippen LogP contribution in [0.5, 0.6) is 0 Å². The number of thiophene rings is 1. The zero-order valence-electron chi connectivity index (χ0n) is 12.8. The van der Waals surface area contributed by atoms with Gasteiger partial charge in [0, 0.05) is 28.3 Å². The van der Waals surface area contributed by atoms with Crippen LogP contribution in [-0.2, 0) is 13.1 Å². The van der Waals surface area contributed by atoms with Crippen LogP contribution in [0.15, 0.2) is 51.5 Å². The Morgan fingerprint density at radius 3 is 3.00 bits per heavy atom. The number of nitrogens with one attached hydrogen (secondary N) is 2. The van der Waals surface area contributed by atoms with Crippen LogP contribution >= 0.6 is 27.3 Å². The first-order chi connectivity index (χ1) is 11.2. The number of aromatic nitrogens is 2. The fourth-order valence-electron chi connectivity index (χ4n) is 2.18. The number of rotatable bonds is 5. The molecule has 0 atom stereocenters. The number of guanidine groups is 1. The Bertz CT molecular complexity index is 794. The summed E-state index contributed by atoms with van der Waals surface area (Å²) in [5, 5.41) is 8.68. The molecule has 0 aliphatic carbocycles. The second-order valence-corrected chi connectivity index (χ2v) is 6.92. The van der Waals surface area contributed by atoms with E-state index in [9.17, 15) is 0 Å². The SMILES string of the molecule is CCNC(=NCc1cn2cc(Br)ccc2n1)NCc1cccs1. The maximum absolute atomic E-state index is 4.61. The number of halogens is 1. The van der Waals surface area contributed by atoms with E-state index >= 15 is 0 Å². The molecule has 0 saturated carbocycles. The van der Waals surface area contributed by atoms with E-state index in [2.05, 4.69) is 61.0 Å². The number of aliphatic imine (C=N–C) groups is 1. The summed E-state index contributed by atoms with van der Waals surface area (Å²) in [6.45, 7) is 4.21. The van der Waals surface area contributed by atoms with Gasteiger partial charge in [-0.2, -0.15) is 0 Å². The Balaban J connectivity index is 1.68. The van der Waals surface area contributed by atoms with Gasteiger partial charge >= 0.3 is 0 Å². The Morgan fingerprint density at radius 2 is 2.22 bits per heavy atom. The number of pyridine rings is 1. The van der Waals surface area contributed by atoms with Gasteiger partial charge in [0.25, 0.3) is 0 Å². The number of nitrogens with zero attached hydrogens (tertiary/aromatic N) is 3. The zero-order valence-corrected chi connectivity index (χ0v) is 15.2. The minimum atomic E-state index is 0.541. The average molecular weight is 392 g/mol. The Hall–Kier alpha value is -1.86. The standard InChI is InChI=1S/C16H18BrN5S/c1-2-18-16(20-9-14-4-3-7-23-14)19-8-13-11-22-10-12(17)5-6-15(22)21-13/h3-7,10-11H,2,8-9H2,1H3,(H2,18,19,20). The van der Waals surface area contributed by atoms with Gasteiger partial charge in [0.05, 0.1) is 18.8 Å². The van der Waals surface area contributed by atoms with E-state index < -0.39 is 0 Å². The van der Waals surface area contributed by atoms with Crippen molar-refractivity contribution in [2.24, 2.45) is 4.99 Å². The van der Waals surface area contributed by atoms with Gasteiger partial charge in [-0.3, -0.25) is 0 Å². The molecule has 3 heterocycles. The van der Waals surface area contributed by atoms with Crippen molar-refractivity contribution in [2.75, 3.05) is 6.54 Å². The number of fused-ring (bicyclic) bond motifs is 1. The second kappa shape index (κ2) is 7.61. The van der Waals surface area contributed by atoms with Crippen molar-refractivity contribution >= 4 is 38.9 Å². The third kappa shape index (κ3) is 4.33. The highest BCUT2D eigenvalue weighted by Gasteiger charge is 2.03. The quantitative estimate of drug-likeness (QED) is 0.517. The summed E-state index contributed by atoms with van der Waals surface area (Å²) in [7, 11) is 0. The first kappa shape index (κ1) is 16.0. The maximum atomic E-state index is 4.61. The first-order valence-electron chi connectivity index (χ1n) is 7.42. The number of imidazole rings is 1. The van der Waals surface area contributed by atoms with Crippen molar-refractivity contribution < 1.29 is 0 Å². The predicted octanol–water partition coefficient (Wildman–Crippen LogP) is 3.41. The topological polar surface area (TPSA) is 53.7 Å². The van der Waals surface area contributed by atoms with Crippen LogP contribution in [0.25, 0.3) is 5.65 Å². The summed E-state index contributed by atoms with van der Waals surface area (Å²) >= 11 is 5.20. The molecule has 23 heavy (non-hydrogen) atoms. The highest BCUT2D eigenvalue weighted by atomic mass is 79.9. The molecular formula is C16H18BrN5S. The molecule has 0 aromatic carbocycles. The summed E-state index contributed by atoms with van der Waals surface area (Å²) in [6, 6.07) is 8.14. The van der Waals surface area contributed by atoms with Gasteiger partial charge in [0.1, 0.15) is 5.65 Å². The zero-order chi connectivity index (χ0) is 16.1. The lowest BCUT2D eigenvalue weighted by Crippen LogP contribution is -2.36. The fraction of sp³-hybridized carbons (Fsp3) is 0.250. The lowest BCUT2D eigenvalue weighted by atomic mass is 10.4. The van der Waals surface area contributed by atoms with E-state index in [1.165, 1.54) is 4.88 Å². The fourth-order valence-corrected chi connectivity index (χ4v) is 3.18. The molecular weight excluding hydrogens is 374 g/mol. The van der Waals surface area contributed by atoms with Crippen LogP contribution < -0.4 is 10.6 Å². The van der Waals surface area contributed by atoms with Crippen LogP contribution in [0.3, 0.4) is 0 Å². The summed E-state index contributed by atoms with van der Waals surface area (Å²) < 4.78 is 3.03. The second-order valence-electron chi connectivity index (χ2n) is 4.97. The van der Waals surface area contributed by atoms with E-state index in [-0.39, 0.29) is 0 Å². The molecule has 0 amide bonds. The Kier molecular flexibility index (Phi) is 5.30. The van der Waals surface area contributed by atoms with Gasteiger partial charge in [-0.15, -0.1) is 11.3 Å². The van der Waals surface area contributed by atoms with Gasteiger partial charge in [-0.25, -0.2) is 9.98 Å². The van der Waals surface area contributed by atoms with E-state index in [0.29, 0.717) is 6.54 Å². The molecule has 0 aliphatic heterocycles. The lowest BCUT2D eigenvalue weighted by Gasteiger charge is -2.09. The van der Waals surface area contributed by atoms with Crippen molar-refractivity contribution in [1.82, 2.24) is 20.0 Å². The molecule has 0 fully saturated rings. The summed E-state index contributed by atoms with van der Waals surface area (Å²) in [4.78, 5) is 10.5. The van der Waals surface area contributed by atoms with Gasteiger partial charge in [-0.1, -0.05) is 6.07 Å². The van der Waals surface area contributed by atoms with Crippen LogP contribution in [0.2, 0.25) is 0 Å². The molecule has 0 saturated heterocycles. The molecule has 3 rings (SSSR count). The third-order valence-electron chi connectivity index (χ3n) is 3.22. The molecule has 5 nitrogen and oxygen atoms in total. The van der Waals surface area contributed by atoms with Crippen LogP contribution in [0.4, 0.5) is 0 Å². The first-order valence-corrected chi connectivity index (χ1v) is 9.09. The van der Waals surface area contributed by atoms with Crippen LogP contribution in [0.1, 0.15) is 17.5 Å². The molecule has 2 N–H and O–H groups in total. The Labute approximate surface area is 147 Å². The van der Waals surface area contributed by atoms with Crippen LogP contribution in [-0.4, -0.2) is 21.9 Å². The summed E-state index contributed by atoms with van der Waals surface area (Å²) in [5.41, 5.74) is 1.87. The number of hydrogen-bond donors (Lipinski definition) is 2. The molecule has 0 aliphatic rings. The van der Waals surface area contributed by atoms with E-state index in [0.717, 1.165) is 34.9 Å². The molecule has 3 aromatic heterocycles. The van der Waals surface area contributed by atoms with Crippen molar-refractivity contribution in [3.63, 3.8) is 0 Å². The normalized spacial score (nSPS) is 11.8. The molecule has 120 valence electrons. The predicted molar refractivity (Wildman–Crippen MR) is 98.9 cm³/mol. The van der Waals surface area contributed by atoms with Crippen molar-refractivity contribution in [1.29, 1.82) is 0 Å². The van der Waals surface area contributed by atoms with E-state index in [1.54, 1.807) is 11.3 Å². The highest BCUT2D eigenvalue weighted by Crippen LogP contribution is 2.13. The van der Waals surface area contributed by atoms with E-state index in [1.807, 2.05) is 28.9 Å². The molecule has 3 aromatic rings. The molecule has 0 spiro atoms. The lowest BCUT2D eigenvalue weighted by molar-refractivity contribution is 0.820. The summed E-state index contributed by atoms with van der Waals surface area (Å²) in [6.07, 6.45) is 4.00. The van der Waals surface area contributed by atoms with Gasteiger partial charge in [0.2, 0.25) is 0 Å². The Morgan fingerprint density at radius 1 is 1.30 bits per heavy atom. The molecule has 0 bridgehead atoms. The minimum absolute atomic E-state index is 0.541. The van der Waals surface area contributed by atoms with Crippen molar-refractivity contribution in [2.45, 2.75) is 20.0 Å².